The smallest absolute Gasteiger partial charge is 0.305 e. The fourth-order valence-corrected chi connectivity index (χ4v) is 2.45. The van der Waals surface area contributed by atoms with Gasteiger partial charge >= 0.3 is 5.97 Å². The normalized spacial score (nSPS) is 13.1. The van der Waals surface area contributed by atoms with Crippen LogP contribution in [0.15, 0.2) is 36.5 Å². The van der Waals surface area contributed by atoms with Crippen molar-refractivity contribution in [2.45, 2.75) is 90.1 Å². The summed E-state index contributed by atoms with van der Waals surface area (Å²) < 4.78 is 4.85. The number of aliphatic hydroxyl groups excluding tert-OH is 2. The second-order valence-electron chi connectivity index (χ2n) is 6.84. The van der Waals surface area contributed by atoms with Crippen LogP contribution in [0.2, 0.25) is 0 Å². The Morgan fingerprint density at radius 2 is 1.41 bits per heavy atom. The van der Waals surface area contributed by atoms with E-state index in [1.807, 2.05) is 0 Å². The molecule has 0 amide bonds. The first-order valence-electron chi connectivity index (χ1n) is 10.6. The molecule has 0 heterocycles. The van der Waals surface area contributed by atoms with E-state index in [0.29, 0.717) is 6.42 Å². The van der Waals surface area contributed by atoms with E-state index < -0.39 is 6.10 Å². The average molecular weight is 381 g/mol. The number of esters is 1. The zero-order valence-electron chi connectivity index (χ0n) is 17.2. The lowest BCUT2D eigenvalue weighted by atomic mass is 10.1. The molecule has 4 nitrogen and oxygen atoms in total. The Morgan fingerprint density at radius 1 is 0.852 bits per heavy atom. The lowest BCUT2D eigenvalue weighted by Crippen LogP contribution is -2.21. The van der Waals surface area contributed by atoms with Crippen molar-refractivity contribution in [3.63, 3.8) is 0 Å². The van der Waals surface area contributed by atoms with Crippen molar-refractivity contribution < 1.29 is 19.7 Å². The number of ether oxygens (including phenoxy) is 1. The SMILES string of the molecule is CCCCC/C=C\C/C=C\CCC/C=C\CCCCC(=O)OC[C@@H](O)CO. The van der Waals surface area contributed by atoms with Crippen LogP contribution in [0, 0.1) is 0 Å². The van der Waals surface area contributed by atoms with Gasteiger partial charge in [0.25, 0.3) is 0 Å². The van der Waals surface area contributed by atoms with Crippen molar-refractivity contribution in [1.82, 2.24) is 0 Å². The first kappa shape index (κ1) is 25.6. The molecule has 0 saturated heterocycles. The van der Waals surface area contributed by atoms with E-state index in [0.717, 1.165) is 38.5 Å². The maximum absolute atomic E-state index is 11.4. The van der Waals surface area contributed by atoms with E-state index in [9.17, 15) is 4.79 Å². The van der Waals surface area contributed by atoms with Crippen LogP contribution < -0.4 is 0 Å². The van der Waals surface area contributed by atoms with Crippen LogP contribution in [0.5, 0.6) is 0 Å². The summed E-state index contributed by atoms with van der Waals surface area (Å²) >= 11 is 0. The molecule has 0 aromatic rings. The van der Waals surface area contributed by atoms with Crippen LogP contribution in [0.1, 0.15) is 84.0 Å². The van der Waals surface area contributed by atoms with E-state index in [2.05, 4.69) is 43.4 Å². The highest BCUT2D eigenvalue weighted by molar-refractivity contribution is 5.69. The molecular weight excluding hydrogens is 340 g/mol. The number of aliphatic hydroxyl groups is 2. The molecule has 0 aliphatic carbocycles. The van der Waals surface area contributed by atoms with Crippen molar-refractivity contribution in [2.24, 2.45) is 0 Å². The molecule has 0 unspecified atom stereocenters. The molecule has 0 spiro atoms. The van der Waals surface area contributed by atoms with Gasteiger partial charge in [-0.05, 0) is 57.8 Å². The summed E-state index contributed by atoms with van der Waals surface area (Å²) in [4.78, 5) is 11.4. The molecule has 0 aromatic carbocycles. The summed E-state index contributed by atoms with van der Waals surface area (Å²) in [5.74, 6) is -0.311. The van der Waals surface area contributed by atoms with Crippen LogP contribution in [-0.4, -0.2) is 35.5 Å². The highest BCUT2D eigenvalue weighted by Gasteiger charge is 2.06. The predicted octanol–water partition coefficient (Wildman–Crippen LogP) is 5.25. The number of rotatable bonds is 18. The second-order valence-corrected chi connectivity index (χ2v) is 6.84. The maximum Gasteiger partial charge on any atom is 0.305 e. The van der Waals surface area contributed by atoms with Crippen LogP contribution in [0.4, 0.5) is 0 Å². The molecule has 0 rings (SSSR count). The summed E-state index contributed by atoms with van der Waals surface area (Å²) in [6, 6.07) is 0. The van der Waals surface area contributed by atoms with Gasteiger partial charge in [-0.2, -0.15) is 0 Å². The summed E-state index contributed by atoms with van der Waals surface area (Å²) in [6.45, 7) is 1.72. The van der Waals surface area contributed by atoms with E-state index in [4.69, 9.17) is 14.9 Å². The molecule has 4 heteroatoms. The number of allylic oxidation sites excluding steroid dienone is 6. The number of unbranched alkanes of at least 4 members (excludes halogenated alkanes) is 7. The third-order valence-electron chi connectivity index (χ3n) is 4.14. The van der Waals surface area contributed by atoms with Crippen LogP contribution in [0.3, 0.4) is 0 Å². The third-order valence-corrected chi connectivity index (χ3v) is 4.14. The molecule has 156 valence electrons. The molecule has 0 aliphatic heterocycles. The first-order chi connectivity index (χ1) is 13.2. The lowest BCUT2D eigenvalue weighted by molar-refractivity contribution is -0.147. The highest BCUT2D eigenvalue weighted by atomic mass is 16.5. The minimum Gasteiger partial charge on any atom is -0.463 e. The molecule has 0 saturated carbocycles. The number of hydrogen-bond acceptors (Lipinski definition) is 4. The van der Waals surface area contributed by atoms with Gasteiger partial charge in [-0.1, -0.05) is 56.2 Å². The Labute approximate surface area is 166 Å². The fourth-order valence-electron chi connectivity index (χ4n) is 2.45. The quantitative estimate of drug-likeness (QED) is 0.193. The van der Waals surface area contributed by atoms with Gasteiger partial charge in [-0.15, -0.1) is 0 Å². The number of carbonyl (C=O) groups excluding carboxylic acids is 1. The fraction of sp³-hybridized carbons (Fsp3) is 0.696. The topological polar surface area (TPSA) is 66.8 Å². The summed E-state index contributed by atoms with van der Waals surface area (Å²) in [5, 5.41) is 17.7. The zero-order valence-corrected chi connectivity index (χ0v) is 17.2. The Balaban J connectivity index is 3.38. The van der Waals surface area contributed by atoms with Gasteiger partial charge in [0.1, 0.15) is 12.7 Å². The standard InChI is InChI=1S/C23H40O4/c1-2-3-4-5-6-7-8-9-10-11-12-13-14-15-16-17-18-19-23(26)27-21-22(25)20-24/h6-7,9-10,14-15,22,24-25H,2-5,8,11-13,16-21H2,1H3/b7-6-,10-9-,15-14-/t22-/m0/s1. The minimum absolute atomic E-state index is 0.126. The van der Waals surface area contributed by atoms with Gasteiger partial charge in [0.15, 0.2) is 0 Å². The van der Waals surface area contributed by atoms with Gasteiger partial charge in [-0.25, -0.2) is 0 Å². The van der Waals surface area contributed by atoms with Crippen LogP contribution >= 0.6 is 0 Å². The minimum atomic E-state index is -0.973. The Hall–Kier alpha value is -1.39. The van der Waals surface area contributed by atoms with Crippen molar-refractivity contribution in [2.75, 3.05) is 13.2 Å². The molecule has 27 heavy (non-hydrogen) atoms. The summed E-state index contributed by atoms with van der Waals surface area (Å²) in [7, 11) is 0. The third kappa shape index (κ3) is 20.8. The van der Waals surface area contributed by atoms with Crippen molar-refractivity contribution in [1.29, 1.82) is 0 Å². The Kier molecular flexibility index (Phi) is 19.8. The highest BCUT2D eigenvalue weighted by Crippen LogP contribution is 2.05. The molecule has 0 aliphatic rings. The molecule has 2 N–H and O–H groups in total. The van der Waals surface area contributed by atoms with E-state index in [-0.39, 0.29) is 19.2 Å². The van der Waals surface area contributed by atoms with E-state index in [1.165, 1.54) is 32.1 Å². The second kappa shape index (κ2) is 20.9. The molecule has 0 bridgehead atoms. The summed E-state index contributed by atoms with van der Waals surface area (Å²) in [5.41, 5.74) is 0. The van der Waals surface area contributed by atoms with E-state index >= 15 is 0 Å². The van der Waals surface area contributed by atoms with E-state index in [1.54, 1.807) is 0 Å². The Bertz CT molecular complexity index is 413. The molecule has 0 aromatic heterocycles. The lowest BCUT2D eigenvalue weighted by Gasteiger charge is -2.07. The van der Waals surface area contributed by atoms with Crippen molar-refractivity contribution in [3.05, 3.63) is 36.5 Å². The van der Waals surface area contributed by atoms with Crippen LogP contribution in [0.25, 0.3) is 0 Å². The summed E-state index contributed by atoms with van der Waals surface area (Å²) in [6.07, 6.45) is 25.2. The van der Waals surface area contributed by atoms with Crippen molar-refractivity contribution >= 4 is 5.97 Å². The molecule has 0 fully saturated rings. The van der Waals surface area contributed by atoms with Gasteiger partial charge in [0.2, 0.25) is 0 Å². The van der Waals surface area contributed by atoms with Gasteiger partial charge < -0.3 is 14.9 Å². The molecule has 1 atom stereocenters. The number of hydrogen-bond donors (Lipinski definition) is 2. The predicted molar refractivity (Wildman–Crippen MR) is 113 cm³/mol. The average Bonchev–Trinajstić information content (AvgIpc) is 2.68. The Morgan fingerprint density at radius 3 is 2.00 bits per heavy atom. The molecule has 0 radical (unpaired) electrons. The molecular formula is C23H40O4. The van der Waals surface area contributed by atoms with Crippen LogP contribution in [-0.2, 0) is 9.53 Å². The first-order valence-corrected chi connectivity index (χ1v) is 10.6. The van der Waals surface area contributed by atoms with Crippen molar-refractivity contribution in [3.8, 4) is 0 Å². The largest absolute Gasteiger partial charge is 0.463 e. The maximum atomic E-state index is 11.4. The van der Waals surface area contributed by atoms with Gasteiger partial charge in [-0.3, -0.25) is 4.79 Å². The number of carbonyl (C=O) groups is 1. The van der Waals surface area contributed by atoms with Gasteiger partial charge in [0, 0.05) is 6.42 Å². The van der Waals surface area contributed by atoms with Gasteiger partial charge in [0.05, 0.1) is 6.61 Å². The zero-order chi connectivity index (χ0) is 20.0. The monoisotopic (exact) mass is 380 g/mol.